The van der Waals surface area contributed by atoms with Crippen molar-refractivity contribution in [3.63, 3.8) is 0 Å². The number of hydrogen-bond acceptors (Lipinski definition) is 7. The largest absolute Gasteiger partial charge is 0.381 e. The topological polar surface area (TPSA) is 94.5 Å². The molecule has 27 heavy (non-hydrogen) atoms. The number of likely N-dealkylation sites (tertiary alicyclic amines) is 1. The van der Waals surface area contributed by atoms with Crippen molar-refractivity contribution < 1.29 is 18.6 Å². The van der Waals surface area contributed by atoms with Crippen LogP contribution in [0.5, 0.6) is 0 Å². The van der Waals surface area contributed by atoms with Crippen LogP contribution in [0.1, 0.15) is 61.4 Å². The van der Waals surface area contributed by atoms with Crippen molar-refractivity contribution >= 4 is 17.5 Å². The van der Waals surface area contributed by atoms with E-state index in [0.29, 0.717) is 48.7 Å². The lowest BCUT2D eigenvalue weighted by Crippen LogP contribution is -2.38. The number of nitrogens with zero attached hydrogens (tertiary/aromatic N) is 4. The summed E-state index contributed by atoms with van der Waals surface area (Å²) >= 11 is 5.72. The summed E-state index contributed by atoms with van der Waals surface area (Å²) in [6, 6.07) is 1.65. The molecule has 1 amide bonds. The SMILES string of the molecule is O=C(CCc1cc(Cl)no1)N1CCC(c2nc(C3CCOCC3)no2)CC1. The zero-order valence-corrected chi connectivity index (χ0v) is 15.9. The number of aromatic nitrogens is 3. The molecule has 146 valence electrons. The Balaban J connectivity index is 1.26. The van der Waals surface area contributed by atoms with E-state index in [2.05, 4.69) is 15.3 Å². The Kier molecular flexibility index (Phi) is 5.73. The molecule has 0 atom stereocenters. The van der Waals surface area contributed by atoms with Crippen LogP contribution in [-0.2, 0) is 16.0 Å². The molecule has 2 aliphatic rings. The van der Waals surface area contributed by atoms with Crippen LogP contribution >= 0.6 is 11.6 Å². The van der Waals surface area contributed by atoms with Gasteiger partial charge in [-0.05, 0) is 25.7 Å². The summed E-state index contributed by atoms with van der Waals surface area (Å²) in [6.45, 7) is 2.93. The zero-order chi connectivity index (χ0) is 18.6. The van der Waals surface area contributed by atoms with E-state index in [1.165, 1.54) is 0 Å². The predicted octanol–water partition coefficient (Wildman–Crippen LogP) is 2.94. The first-order chi connectivity index (χ1) is 13.2. The van der Waals surface area contributed by atoms with Crippen molar-refractivity contribution in [2.24, 2.45) is 0 Å². The van der Waals surface area contributed by atoms with Crippen molar-refractivity contribution in [3.05, 3.63) is 28.7 Å². The lowest BCUT2D eigenvalue weighted by atomic mass is 9.96. The van der Waals surface area contributed by atoms with Crippen LogP contribution in [0.15, 0.2) is 15.1 Å². The van der Waals surface area contributed by atoms with Crippen LogP contribution in [0.3, 0.4) is 0 Å². The number of piperidine rings is 1. The Labute approximate surface area is 162 Å². The Morgan fingerprint density at radius 2 is 1.89 bits per heavy atom. The summed E-state index contributed by atoms with van der Waals surface area (Å²) in [4.78, 5) is 18.9. The first kappa shape index (κ1) is 18.4. The van der Waals surface area contributed by atoms with Gasteiger partial charge in [-0.15, -0.1) is 0 Å². The minimum Gasteiger partial charge on any atom is -0.381 e. The molecule has 4 rings (SSSR count). The fraction of sp³-hybridized carbons (Fsp3) is 0.667. The number of halogens is 1. The second-order valence-electron chi connectivity index (χ2n) is 7.15. The quantitative estimate of drug-likeness (QED) is 0.769. The number of rotatable bonds is 5. The van der Waals surface area contributed by atoms with Crippen LogP contribution in [0, 0.1) is 0 Å². The summed E-state index contributed by atoms with van der Waals surface area (Å²) in [6.07, 6.45) is 4.48. The lowest BCUT2D eigenvalue weighted by Gasteiger charge is -2.30. The van der Waals surface area contributed by atoms with Crippen molar-refractivity contribution in [2.45, 2.75) is 50.4 Å². The normalized spacial score (nSPS) is 19.5. The van der Waals surface area contributed by atoms with Gasteiger partial charge in [0.15, 0.2) is 11.0 Å². The van der Waals surface area contributed by atoms with E-state index >= 15 is 0 Å². The van der Waals surface area contributed by atoms with Gasteiger partial charge in [-0.2, -0.15) is 4.98 Å². The molecule has 0 aliphatic carbocycles. The van der Waals surface area contributed by atoms with Crippen LogP contribution in [0.25, 0.3) is 0 Å². The summed E-state index contributed by atoms with van der Waals surface area (Å²) in [5.41, 5.74) is 0. The first-order valence-corrected chi connectivity index (χ1v) is 9.87. The molecular weight excluding hydrogens is 372 g/mol. The minimum absolute atomic E-state index is 0.120. The molecule has 2 aromatic rings. The molecule has 4 heterocycles. The van der Waals surface area contributed by atoms with E-state index in [9.17, 15) is 4.79 Å². The van der Waals surface area contributed by atoms with Gasteiger partial charge in [0.2, 0.25) is 11.8 Å². The third-order valence-corrected chi connectivity index (χ3v) is 5.53. The van der Waals surface area contributed by atoms with Crippen molar-refractivity contribution in [1.82, 2.24) is 20.2 Å². The molecule has 8 nitrogen and oxygen atoms in total. The maximum absolute atomic E-state index is 12.4. The minimum atomic E-state index is 0.120. The third-order valence-electron chi connectivity index (χ3n) is 5.36. The Hall–Kier alpha value is -1.93. The molecule has 0 aromatic carbocycles. The molecule has 0 N–H and O–H groups in total. The van der Waals surface area contributed by atoms with E-state index < -0.39 is 0 Å². The van der Waals surface area contributed by atoms with Gasteiger partial charge in [-0.3, -0.25) is 4.79 Å². The molecule has 2 aromatic heterocycles. The molecule has 0 saturated carbocycles. The van der Waals surface area contributed by atoms with Crippen LogP contribution < -0.4 is 0 Å². The fourth-order valence-electron chi connectivity index (χ4n) is 3.70. The van der Waals surface area contributed by atoms with E-state index in [-0.39, 0.29) is 11.8 Å². The molecule has 2 saturated heterocycles. The molecule has 0 radical (unpaired) electrons. The molecule has 9 heteroatoms. The van der Waals surface area contributed by atoms with Crippen molar-refractivity contribution in [2.75, 3.05) is 26.3 Å². The van der Waals surface area contributed by atoms with Gasteiger partial charge in [-0.1, -0.05) is 21.9 Å². The summed E-state index contributed by atoms with van der Waals surface area (Å²) < 4.78 is 16.0. The number of carbonyl (C=O) groups is 1. The highest BCUT2D eigenvalue weighted by Gasteiger charge is 2.29. The van der Waals surface area contributed by atoms with Crippen molar-refractivity contribution in [3.8, 4) is 0 Å². The van der Waals surface area contributed by atoms with Gasteiger partial charge in [-0.25, -0.2) is 0 Å². The molecular formula is C18H23ClN4O4. The van der Waals surface area contributed by atoms with Crippen LogP contribution in [0.4, 0.5) is 0 Å². The standard InChI is InChI=1S/C18H23ClN4O4/c19-15-11-14(26-21-15)1-2-16(24)23-7-3-13(4-8-23)18-20-17(22-27-18)12-5-9-25-10-6-12/h11-13H,1-10H2. The molecule has 0 bridgehead atoms. The van der Waals surface area contributed by atoms with Gasteiger partial charge in [0.25, 0.3) is 0 Å². The van der Waals surface area contributed by atoms with Gasteiger partial charge >= 0.3 is 0 Å². The highest BCUT2D eigenvalue weighted by molar-refractivity contribution is 6.29. The maximum Gasteiger partial charge on any atom is 0.229 e. The van der Waals surface area contributed by atoms with Crippen LogP contribution in [0.2, 0.25) is 5.15 Å². The number of amides is 1. The van der Waals surface area contributed by atoms with E-state index in [1.807, 2.05) is 4.90 Å². The summed E-state index contributed by atoms with van der Waals surface area (Å²) in [5, 5.41) is 8.12. The van der Waals surface area contributed by atoms with E-state index in [4.69, 9.17) is 25.4 Å². The van der Waals surface area contributed by atoms with Crippen molar-refractivity contribution in [1.29, 1.82) is 0 Å². The zero-order valence-electron chi connectivity index (χ0n) is 15.1. The average molecular weight is 395 g/mol. The summed E-state index contributed by atoms with van der Waals surface area (Å²) in [7, 11) is 0. The van der Waals surface area contributed by atoms with Gasteiger partial charge in [0, 0.05) is 57.0 Å². The smallest absolute Gasteiger partial charge is 0.229 e. The number of hydrogen-bond donors (Lipinski definition) is 0. The molecule has 0 spiro atoms. The van der Waals surface area contributed by atoms with Crippen LogP contribution in [-0.4, -0.2) is 52.4 Å². The Morgan fingerprint density at radius 3 is 2.59 bits per heavy atom. The fourth-order valence-corrected chi connectivity index (χ4v) is 3.86. The lowest BCUT2D eigenvalue weighted by molar-refractivity contribution is -0.132. The number of ether oxygens (including phenoxy) is 1. The third kappa shape index (κ3) is 4.50. The Morgan fingerprint density at radius 1 is 1.11 bits per heavy atom. The van der Waals surface area contributed by atoms with E-state index in [0.717, 1.165) is 44.7 Å². The number of carbonyl (C=O) groups excluding carboxylic acids is 1. The molecule has 0 unspecified atom stereocenters. The first-order valence-electron chi connectivity index (χ1n) is 9.49. The summed E-state index contributed by atoms with van der Waals surface area (Å²) in [5.74, 6) is 2.83. The van der Waals surface area contributed by atoms with Gasteiger partial charge in [0.1, 0.15) is 5.76 Å². The maximum atomic E-state index is 12.4. The molecule has 2 aliphatic heterocycles. The van der Waals surface area contributed by atoms with Gasteiger partial charge in [0.05, 0.1) is 0 Å². The monoisotopic (exact) mass is 394 g/mol. The van der Waals surface area contributed by atoms with E-state index in [1.54, 1.807) is 6.07 Å². The van der Waals surface area contributed by atoms with Gasteiger partial charge < -0.3 is 18.7 Å². The second-order valence-corrected chi connectivity index (χ2v) is 7.54. The highest BCUT2D eigenvalue weighted by atomic mass is 35.5. The average Bonchev–Trinajstić information content (AvgIpc) is 3.36. The highest BCUT2D eigenvalue weighted by Crippen LogP contribution is 2.30. The predicted molar refractivity (Wildman–Crippen MR) is 95.5 cm³/mol. The second kappa shape index (κ2) is 8.39. The molecule has 2 fully saturated rings. The number of aryl methyl sites for hydroxylation is 1. The Bertz CT molecular complexity index is 763.